The Morgan fingerprint density at radius 3 is 2.85 bits per heavy atom. The van der Waals surface area contributed by atoms with E-state index < -0.39 is 0 Å². The second kappa shape index (κ2) is 9.96. The quantitative estimate of drug-likeness (QED) is 0.540. The zero-order valence-corrected chi connectivity index (χ0v) is 16.8. The van der Waals surface area contributed by atoms with Gasteiger partial charge in [-0.3, -0.25) is 9.48 Å². The lowest BCUT2D eigenvalue weighted by atomic mass is 10.2. The number of rotatable bonds is 8. The number of amides is 1. The highest BCUT2D eigenvalue weighted by Crippen LogP contribution is 2.09. The van der Waals surface area contributed by atoms with Gasteiger partial charge in [0.15, 0.2) is 5.96 Å². The molecule has 0 fully saturated rings. The normalized spacial score (nSPS) is 11.5. The number of nitrogens with zero attached hydrogens (tertiary/aromatic N) is 4. The Morgan fingerprint density at radius 1 is 1.38 bits per heavy atom. The van der Waals surface area contributed by atoms with Crippen molar-refractivity contribution in [3.63, 3.8) is 0 Å². The number of carbonyl (C=O) groups is 1. The molecule has 2 aromatic heterocycles. The maximum atomic E-state index is 11.9. The predicted molar refractivity (Wildman–Crippen MR) is 106 cm³/mol. The molecule has 0 spiro atoms. The van der Waals surface area contributed by atoms with Crippen molar-refractivity contribution in [1.82, 2.24) is 25.3 Å². The minimum atomic E-state index is 0.00776. The largest absolute Gasteiger partial charge is 0.356 e. The molecule has 0 saturated heterocycles. The van der Waals surface area contributed by atoms with Crippen molar-refractivity contribution in [2.45, 2.75) is 26.3 Å². The fourth-order valence-corrected chi connectivity index (χ4v) is 3.14. The van der Waals surface area contributed by atoms with E-state index >= 15 is 0 Å². The molecule has 2 rings (SSSR count). The summed E-state index contributed by atoms with van der Waals surface area (Å²) >= 11 is 1.74. The fourth-order valence-electron chi connectivity index (χ4n) is 2.43. The number of nitrogens with one attached hydrogen (secondary N) is 2. The van der Waals surface area contributed by atoms with E-state index in [0.717, 1.165) is 30.6 Å². The van der Waals surface area contributed by atoms with Crippen LogP contribution in [0.2, 0.25) is 0 Å². The monoisotopic (exact) mass is 376 g/mol. The summed E-state index contributed by atoms with van der Waals surface area (Å²) in [4.78, 5) is 19.4. The van der Waals surface area contributed by atoms with Crippen LogP contribution in [0, 0.1) is 0 Å². The maximum absolute atomic E-state index is 11.9. The first-order valence-electron chi connectivity index (χ1n) is 8.75. The minimum absolute atomic E-state index is 0.00776. The van der Waals surface area contributed by atoms with Crippen LogP contribution in [-0.2, 0) is 31.2 Å². The Hall–Kier alpha value is -2.35. The number of hydrogen-bond acceptors (Lipinski definition) is 4. The van der Waals surface area contributed by atoms with E-state index in [4.69, 9.17) is 0 Å². The summed E-state index contributed by atoms with van der Waals surface area (Å²) in [5.74, 6) is 0.649. The van der Waals surface area contributed by atoms with Crippen LogP contribution in [0.25, 0.3) is 0 Å². The molecule has 0 saturated carbocycles. The van der Waals surface area contributed by atoms with Gasteiger partial charge in [-0.1, -0.05) is 13.0 Å². The Bertz CT molecular complexity index is 720. The van der Waals surface area contributed by atoms with Crippen molar-refractivity contribution in [2.75, 3.05) is 27.2 Å². The van der Waals surface area contributed by atoms with Crippen LogP contribution < -0.4 is 10.6 Å². The van der Waals surface area contributed by atoms with Crippen molar-refractivity contribution in [3.8, 4) is 0 Å². The van der Waals surface area contributed by atoms with Crippen molar-refractivity contribution >= 4 is 23.2 Å². The summed E-state index contributed by atoms with van der Waals surface area (Å²) in [6.07, 6.45) is 3.79. The van der Waals surface area contributed by atoms with Crippen LogP contribution in [0.3, 0.4) is 0 Å². The molecule has 0 atom stereocenters. The molecule has 2 heterocycles. The second-order valence-electron chi connectivity index (χ2n) is 6.19. The molecule has 142 valence electrons. The van der Waals surface area contributed by atoms with E-state index in [-0.39, 0.29) is 12.5 Å². The van der Waals surface area contributed by atoms with E-state index in [9.17, 15) is 4.79 Å². The summed E-state index contributed by atoms with van der Waals surface area (Å²) in [7, 11) is 5.41. The van der Waals surface area contributed by atoms with Crippen LogP contribution in [0.15, 0.2) is 28.7 Å². The van der Waals surface area contributed by atoms with Crippen molar-refractivity contribution in [2.24, 2.45) is 12.0 Å². The molecule has 7 nitrogen and oxygen atoms in total. The molecular weight excluding hydrogens is 348 g/mol. The molecule has 0 unspecified atom stereocenters. The molecule has 0 radical (unpaired) electrons. The molecule has 1 amide bonds. The number of guanidine groups is 1. The van der Waals surface area contributed by atoms with Crippen LogP contribution >= 0.6 is 11.3 Å². The van der Waals surface area contributed by atoms with E-state index in [1.807, 2.05) is 17.9 Å². The second-order valence-corrected chi connectivity index (χ2v) is 7.22. The molecule has 8 heteroatoms. The lowest BCUT2D eigenvalue weighted by Crippen LogP contribution is -2.43. The van der Waals surface area contributed by atoms with E-state index in [0.29, 0.717) is 12.5 Å². The Kier molecular flexibility index (Phi) is 7.65. The van der Waals surface area contributed by atoms with Gasteiger partial charge in [-0.2, -0.15) is 5.10 Å². The van der Waals surface area contributed by atoms with Gasteiger partial charge in [0.1, 0.15) is 0 Å². The smallest absolute Gasteiger partial charge is 0.241 e. The number of likely N-dealkylation sites (N-methyl/N-ethyl adjacent to an activating group) is 1. The average Bonchev–Trinajstić information content (AvgIpc) is 3.25. The summed E-state index contributed by atoms with van der Waals surface area (Å²) in [6.45, 7) is 3.59. The van der Waals surface area contributed by atoms with Crippen molar-refractivity contribution in [3.05, 3.63) is 39.8 Å². The number of aliphatic imine (C=N–C) groups is 1. The third-order valence-electron chi connectivity index (χ3n) is 3.88. The number of aromatic nitrogens is 2. The summed E-state index contributed by atoms with van der Waals surface area (Å²) < 4.78 is 1.82. The standard InChI is InChI=1S/C18H28N6OS/c1-5-16-14(13-24(4)22-16)11-20-18(21-12-17(25)23(2)3)19-9-8-15-7-6-10-26-15/h6-7,10,13H,5,8-9,11-12H2,1-4H3,(H2,19,20,21). The highest BCUT2D eigenvalue weighted by Gasteiger charge is 2.08. The maximum Gasteiger partial charge on any atom is 0.241 e. The first kappa shape index (κ1) is 20.0. The number of carbonyl (C=O) groups excluding carboxylic acids is 1. The first-order chi connectivity index (χ1) is 12.5. The minimum Gasteiger partial charge on any atom is -0.356 e. The molecule has 0 aliphatic carbocycles. The van der Waals surface area contributed by atoms with Gasteiger partial charge in [-0.05, 0) is 24.3 Å². The van der Waals surface area contributed by atoms with Gasteiger partial charge < -0.3 is 15.5 Å². The molecule has 0 bridgehead atoms. The van der Waals surface area contributed by atoms with Gasteiger partial charge in [0, 0.05) is 44.3 Å². The molecule has 26 heavy (non-hydrogen) atoms. The first-order valence-corrected chi connectivity index (χ1v) is 9.63. The van der Waals surface area contributed by atoms with Crippen LogP contribution in [0.5, 0.6) is 0 Å². The summed E-state index contributed by atoms with van der Waals surface area (Å²) in [5, 5.41) is 13.0. The Balaban J connectivity index is 1.98. The number of aryl methyl sites for hydroxylation is 2. The van der Waals surface area contributed by atoms with Crippen molar-refractivity contribution < 1.29 is 4.79 Å². The van der Waals surface area contributed by atoms with Gasteiger partial charge in [0.25, 0.3) is 0 Å². The molecule has 0 aliphatic heterocycles. The Labute approximate surface area is 159 Å². The van der Waals surface area contributed by atoms with Gasteiger partial charge in [-0.15, -0.1) is 11.3 Å². The van der Waals surface area contributed by atoms with Crippen LogP contribution in [0.1, 0.15) is 23.1 Å². The summed E-state index contributed by atoms with van der Waals surface area (Å²) in [6, 6.07) is 4.17. The molecule has 0 aromatic carbocycles. The molecule has 2 aromatic rings. The van der Waals surface area contributed by atoms with E-state index in [1.54, 1.807) is 30.3 Å². The van der Waals surface area contributed by atoms with Crippen LogP contribution in [-0.4, -0.2) is 53.7 Å². The molecular formula is C18H28N6OS. The highest BCUT2D eigenvalue weighted by molar-refractivity contribution is 7.09. The number of hydrogen-bond donors (Lipinski definition) is 2. The Morgan fingerprint density at radius 2 is 2.19 bits per heavy atom. The van der Waals surface area contributed by atoms with E-state index in [2.05, 4.69) is 45.2 Å². The predicted octanol–water partition coefficient (Wildman–Crippen LogP) is 1.41. The van der Waals surface area contributed by atoms with Gasteiger partial charge in [-0.25, -0.2) is 4.99 Å². The average molecular weight is 377 g/mol. The summed E-state index contributed by atoms with van der Waals surface area (Å²) in [5.41, 5.74) is 2.16. The molecule has 0 aliphatic rings. The SMILES string of the molecule is CCc1nn(C)cc1CN=C(NCCc1cccs1)NCC(=O)N(C)C. The third kappa shape index (κ3) is 6.18. The topological polar surface area (TPSA) is 74.5 Å². The lowest BCUT2D eigenvalue weighted by Gasteiger charge is -2.14. The van der Waals surface area contributed by atoms with Crippen molar-refractivity contribution in [1.29, 1.82) is 0 Å². The highest BCUT2D eigenvalue weighted by atomic mass is 32.1. The zero-order valence-electron chi connectivity index (χ0n) is 16.0. The fraction of sp³-hybridized carbons (Fsp3) is 0.500. The number of thiophene rings is 1. The van der Waals surface area contributed by atoms with Gasteiger partial charge in [0.2, 0.25) is 5.91 Å². The molecule has 2 N–H and O–H groups in total. The van der Waals surface area contributed by atoms with E-state index in [1.165, 1.54) is 4.88 Å². The van der Waals surface area contributed by atoms with Gasteiger partial charge in [0.05, 0.1) is 18.8 Å². The lowest BCUT2D eigenvalue weighted by molar-refractivity contribution is -0.127. The zero-order chi connectivity index (χ0) is 18.9. The third-order valence-corrected chi connectivity index (χ3v) is 4.82. The van der Waals surface area contributed by atoms with Gasteiger partial charge >= 0.3 is 0 Å². The van der Waals surface area contributed by atoms with Crippen LogP contribution in [0.4, 0.5) is 0 Å².